The van der Waals surface area contributed by atoms with E-state index in [0.717, 1.165) is 11.1 Å². The molecule has 0 saturated carbocycles. The van der Waals surface area contributed by atoms with E-state index in [1.54, 1.807) is 13.1 Å². The van der Waals surface area contributed by atoms with Gasteiger partial charge in [-0.1, -0.05) is 11.6 Å². The molecule has 0 unspecified atom stereocenters. The van der Waals surface area contributed by atoms with Gasteiger partial charge < -0.3 is 10.1 Å². The maximum Gasteiger partial charge on any atom is 0.270 e. The first-order valence-corrected chi connectivity index (χ1v) is 5.82. The van der Waals surface area contributed by atoms with Gasteiger partial charge in [0, 0.05) is 29.8 Å². The Labute approximate surface area is 111 Å². The summed E-state index contributed by atoms with van der Waals surface area (Å²) in [6.45, 7) is 2.70. The van der Waals surface area contributed by atoms with Crippen LogP contribution in [0.3, 0.4) is 0 Å². The maximum absolute atomic E-state index is 10.7. The van der Waals surface area contributed by atoms with E-state index in [9.17, 15) is 10.1 Å². The van der Waals surface area contributed by atoms with Crippen molar-refractivity contribution in [3.05, 3.63) is 45.0 Å². The lowest BCUT2D eigenvalue weighted by molar-refractivity contribution is -0.384. The number of benzene rings is 1. The minimum atomic E-state index is -0.424. The van der Waals surface area contributed by atoms with Crippen molar-refractivity contribution < 1.29 is 9.66 Å². The lowest BCUT2D eigenvalue weighted by Crippen LogP contribution is -2.09. The van der Waals surface area contributed by atoms with E-state index in [1.165, 1.54) is 17.7 Å². The summed E-state index contributed by atoms with van der Waals surface area (Å²) in [7, 11) is 1.77. The average Bonchev–Trinajstić information content (AvgIpc) is 2.36. The summed E-state index contributed by atoms with van der Waals surface area (Å²) in [5.41, 5.74) is 3.13. The van der Waals surface area contributed by atoms with Crippen LogP contribution >= 0.6 is 11.6 Å². The predicted octanol–water partition coefficient (Wildman–Crippen LogP) is 2.84. The van der Waals surface area contributed by atoms with Crippen LogP contribution in [0.15, 0.2) is 29.3 Å². The predicted molar refractivity (Wildman–Crippen MR) is 71.0 cm³/mol. The number of hydrogen-bond donors (Lipinski definition) is 1. The highest BCUT2D eigenvalue weighted by molar-refractivity contribution is 6.25. The Balaban J connectivity index is 2.92. The van der Waals surface area contributed by atoms with E-state index in [-0.39, 0.29) is 5.69 Å². The average molecular weight is 271 g/mol. The van der Waals surface area contributed by atoms with Gasteiger partial charge in [0.1, 0.15) is 12.4 Å². The minimum Gasteiger partial charge on any atom is -0.489 e. The van der Waals surface area contributed by atoms with Crippen molar-refractivity contribution >= 4 is 17.3 Å². The molecule has 6 heteroatoms. The highest BCUT2D eigenvalue weighted by atomic mass is 35.5. The summed E-state index contributed by atoms with van der Waals surface area (Å²) in [6, 6.07) is 4.53. The van der Waals surface area contributed by atoms with Crippen LogP contribution in [0.2, 0.25) is 0 Å². The fraction of sp³-hybridized carbons (Fsp3) is 0.333. The van der Waals surface area contributed by atoms with E-state index in [0.29, 0.717) is 18.9 Å². The number of nitro benzene ring substituents is 1. The second-order valence-electron chi connectivity index (χ2n) is 3.82. The molecular weight excluding hydrogens is 256 g/mol. The molecule has 1 aromatic carbocycles. The lowest BCUT2D eigenvalue weighted by Gasteiger charge is -2.11. The second-order valence-corrected chi connectivity index (χ2v) is 4.04. The molecule has 0 saturated heterocycles. The minimum absolute atomic E-state index is 0.0530. The highest BCUT2D eigenvalue weighted by Crippen LogP contribution is 2.24. The third-order valence-electron chi connectivity index (χ3n) is 2.26. The fourth-order valence-electron chi connectivity index (χ4n) is 1.37. The summed E-state index contributed by atoms with van der Waals surface area (Å²) in [5, 5.41) is 13.6. The topological polar surface area (TPSA) is 64.4 Å². The third-order valence-corrected chi connectivity index (χ3v) is 2.64. The number of nitrogens with one attached hydrogen (secondary N) is 1. The van der Waals surface area contributed by atoms with Crippen LogP contribution in [-0.2, 0) is 6.54 Å². The summed E-state index contributed by atoms with van der Waals surface area (Å²) in [6.07, 6.45) is 0. The molecule has 0 fully saturated rings. The molecule has 0 heterocycles. The normalized spacial score (nSPS) is 11.4. The molecule has 1 aromatic rings. The number of nitrogens with zero attached hydrogens (tertiary/aromatic N) is 1. The standard InChI is InChI=1S/C12H15ClN2O3/c1-9(6-13)8-18-12-4-3-11(15(16)17)5-10(12)7-14-2/h3-6,14H,7-8H2,1-2H3/b9-6+. The zero-order valence-electron chi connectivity index (χ0n) is 10.3. The van der Waals surface area contributed by atoms with Crippen molar-refractivity contribution in [2.24, 2.45) is 0 Å². The number of ether oxygens (including phenoxy) is 1. The molecule has 0 aliphatic heterocycles. The van der Waals surface area contributed by atoms with Crippen molar-refractivity contribution in [1.82, 2.24) is 5.32 Å². The number of halogens is 1. The van der Waals surface area contributed by atoms with E-state index in [4.69, 9.17) is 16.3 Å². The monoisotopic (exact) mass is 270 g/mol. The molecule has 98 valence electrons. The van der Waals surface area contributed by atoms with E-state index in [1.807, 2.05) is 6.92 Å². The van der Waals surface area contributed by atoms with E-state index >= 15 is 0 Å². The van der Waals surface area contributed by atoms with Crippen molar-refractivity contribution in [2.45, 2.75) is 13.5 Å². The highest BCUT2D eigenvalue weighted by Gasteiger charge is 2.11. The molecular formula is C12H15ClN2O3. The molecule has 1 N–H and O–H groups in total. The van der Waals surface area contributed by atoms with Gasteiger partial charge in [0.25, 0.3) is 5.69 Å². The van der Waals surface area contributed by atoms with Crippen LogP contribution in [0.1, 0.15) is 12.5 Å². The smallest absolute Gasteiger partial charge is 0.270 e. The van der Waals surface area contributed by atoms with Gasteiger partial charge in [-0.2, -0.15) is 0 Å². The Kier molecular flexibility index (Phi) is 5.61. The van der Waals surface area contributed by atoms with Gasteiger partial charge in [0.15, 0.2) is 0 Å². The molecule has 5 nitrogen and oxygen atoms in total. The molecule has 0 amide bonds. The van der Waals surface area contributed by atoms with Crippen LogP contribution in [0.5, 0.6) is 5.75 Å². The SMILES string of the molecule is CNCc1cc([N+](=O)[O-])ccc1OC/C(C)=C/Cl. The van der Waals surface area contributed by atoms with Gasteiger partial charge in [-0.25, -0.2) is 0 Å². The summed E-state index contributed by atoms with van der Waals surface area (Å²) >= 11 is 5.54. The Hall–Kier alpha value is -1.59. The van der Waals surface area contributed by atoms with Crippen LogP contribution in [0.25, 0.3) is 0 Å². The largest absolute Gasteiger partial charge is 0.489 e. The molecule has 18 heavy (non-hydrogen) atoms. The van der Waals surface area contributed by atoms with Gasteiger partial charge in [-0.3, -0.25) is 10.1 Å². The number of nitro groups is 1. The Morgan fingerprint density at radius 2 is 2.33 bits per heavy atom. The fourth-order valence-corrected chi connectivity index (χ4v) is 1.43. The van der Waals surface area contributed by atoms with Gasteiger partial charge >= 0.3 is 0 Å². The number of rotatable bonds is 6. The van der Waals surface area contributed by atoms with E-state index < -0.39 is 4.92 Å². The first-order chi connectivity index (χ1) is 8.58. The number of non-ortho nitro benzene ring substituents is 1. The summed E-state index contributed by atoms with van der Waals surface area (Å²) in [4.78, 5) is 10.3. The van der Waals surface area contributed by atoms with Crippen LogP contribution in [-0.4, -0.2) is 18.6 Å². The quantitative estimate of drug-likeness (QED) is 0.638. The zero-order chi connectivity index (χ0) is 13.5. The molecule has 0 atom stereocenters. The first kappa shape index (κ1) is 14.5. The van der Waals surface area contributed by atoms with Crippen molar-refractivity contribution in [3.63, 3.8) is 0 Å². The summed E-state index contributed by atoms with van der Waals surface area (Å²) < 4.78 is 5.56. The van der Waals surface area contributed by atoms with Crippen LogP contribution in [0, 0.1) is 10.1 Å². The molecule has 0 aromatic heterocycles. The first-order valence-electron chi connectivity index (χ1n) is 5.39. The van der Waals surface area contributed by atoms with Crippen molar-refractivity contribution in [1.29, 1.82) is 0 Å². The Morgan fingerprint density at radius 3 is 2.89 bits per heavy atom. The molecule has 0 aliphatic carbocycles. The molecule has 0 aliphatic rings. The third kappa shape index (κ3) is 4.01. The van der Waals surface area contributed by atoms with Crippen LogP contribution < -0.4 is 10.1 Å². The maximum atomic E-state index is 10.7. The molecule has 0 radical (unpaired) electrons. The second kappa shape index (κ2) is 6.98. The Bertz CT molecular complexity index is 461. The lowest BCUT2D eigenvalue weighted by atomic mass is 10.1. The molecule has 1 rings (SSSR count). The van der Waals surface area contributed by atoms with Crippen molar-refractivity contribution in [2.75, 3.05) is 13.7 Å². The molecule has 0 spiro atoms. The Morgan fingerprint density at radius 1 is 1.61 bits per heavy atom. The number of hydrogen-bond acceptors (Lipinski definition) is 4. The van der Waals surface area contributed by atoms with Crippen molar-refractivity contribution in [3.8, 4) is 5.75 Å². The van der Waals surface area contributed by atoms with Gasteiger partial charge in [-0.15, -0.1) is 0 Å². The van der Waals surface area contributed by atoms with Gasteiger partial charge in [0.05, 0.1) is 4.92 Å². The van der Waals surface area contributed by atoms with Gasteiger partial charge in [0.2, 0.25) is 0 Å². The van der Waals surface area contributed by atoms with E-state index in [2.05, 4.69) is 5.32 Å². The van der Waals surface area contributed by atoms with Gasteiger partial charge in [-0.05, 0) is 25.6 Å². The molecule has 0 bridgehead atoms. The summed E-state index contributed by atoms with van der Waals surface area (Å²) in [5.74, 6) is 0.618. The van der Waals surface area contributed by atoms with Crippen LogP contribution in [0.4, 0.5) is 5.69 Å². The zero-order valence-corrected chi connectivity index (χ0v) is 11.0.